The summed E-state index contributed by atoms with van der Waals surface area (Å²) in [5.74, 6) is 0.775. The molecule has 1 N–H and O–H groups in total. The fourth-order valence-corrected chi connectivity index (χ4v) is 2.80. The van der Waals surface area contributed by atoms with E-state index in [9.17, 15) is 0 Å². The number of fused-ring (bicyclic) bond motifs is 2. The molecule has 2 aliphatic heterocycles. The van der Waals surface area contributed by atoms with E-state index in [2.05, 4.69) is 16.4 Å². The van der Waals surface area contributed by atoms with E-state index in [0.717, 1.165) is 18.7 Å². The van der Waals surface area contributed by atoms with E-state index < -0.39 is 0 Å². The number of piperidine rings is 1. The number of pyridine rings is 1. The highest BCUT2D eigenvalue weighted by Crippen LogP contribution is 2.29. The quantitative estimate of drug-likeness (QED) is 0.825. The van der Waals surface area contributed by atoms with Crippen LogP contribution in [0.4, 0.5) is 0 Å². The van der Waals surface area contributed by atoms with Crippen molar-refractivity contribution in [3.63, 3.8) is 0 Å². The highest BCUT2D eigenvalue weighted by molar-refractivity contribution is 5.16. The third kappa shape index (κ3) is 2.05. The molecule has 3 heteroatoms. The van der Waals surface area contributed by atoms with Crippen LogP contribution in [-0.2, 0) is 0 Å². The fraction of sp³-hybridized carbons (Fsp3) is 0.615. The minimum atomic E-state index is 0.356. The second-order valence-corrected chi connectivity index (χ2v) is 5.02. The Bertz CT molecular complexity index is 351. The molecule has 0 amide bonds. The number of aryl methyl sites for hydroxylation is 1. The van der Waals surface area contributed by atoms with Gasteiger partial charge in [-0.25, -0.2) is 4.98 Å². The second kappa shape index (κ2) is 4.06. The van der Waals surface area contributed by atoms with Gasteiger partial charge in [-0.05, 0) is 38.2 Å². The van der Waals surface area contributed by atoms with E-state index >= 15 is 0 Å². The molecule has 0 radical (unpaired) electrons. The molecule has 0 saturated carbocycles. The summed E-state index contributed by atoms with van der Waals surface area (Å²) < 4.78 is 5.94. The van der Waals surface area contributed by atoms with Gasteiger partial charge in [-0.1, -0.05) is 6.07 Å². The molecule has 1 aromatic heterocycles. The van der Waals surface area contributed by atoms with Crippen LogP contribution >= 0.6 is 0 Å². The van der Waals surface area contributed by atoms with Crippen LogP contribution in [0.2, 0.25) is 0 Å². The fourth-order valence-electron chi connectivity index (χ4n) is 2.80. The zero-order valence-corrected chi connectivity index (χ0v) is 9.65. The van der Waals surface area contributed by atoms with E-state index in [1.165, 1.54) is 18.4 Å². The monoisotopic (exact) mass is 218 g/mol. The van der Waals surface area contributed by atoms with Gasteiger partial charge in [0.05, 0.1) is 0 Å². The van der Waals surface area contributed by atoms with Crippen LogP contribution in [0, 0.1) is 6.92 Å². The molecule has 0 spiro atoms. The summed E-state index contributed by atoms with van der Waals surface area (Å²) in [5.41, 5.74) is 1.18. The molecule has 3 heterocycles. The number of nitrogens with one attached hydrogen (secondary N) is 1. The highest BCUT2D eigenvalue weighted by Gasteiger charge is 2.34. The lowest BCUT2D eigenvalue weighted by Gasteiger charge is -2.29. The predicted octanol–water partition coefficient (Wildman–Crippen LogP) is 2.05. The number of aromatic nitrogens is 1. The average Bonchev–Trinajstić information content (AvgIpc) is 2.62. The maximum absolute atomic E-state index is 5.94. The normalized spacial score (nSPS) is 32.7. The molecule has 16 heavy (non-hydrogen) atoms. The average molecular weight is 218 g/mol. The van der Waals surface area contributed by atoms with E-state index in [4.69, 9.17) is 4.74 Å². The summed E-state index contributed by atoms with van der Waals surface area (Å²) in [6, 6.07) is 5.38. The van der Waals surface area contributed by atoms with Gasteiger partial charge >= 0.3 is 0 Å². The van der Waals surface area contributed by atoms with Gasteiger partial charge in [-0.3, -0.25) is 0 Å². The lowest BCUT2D eigenvalue weighted by molar-refractivity contribution is 0.132. The topological polar surface area (TPSA) is 34.1 Å². The minimum Gasteiger partial charge on any atom is -0.474 e. The third-order valence-corrected chi connectivity index (χ3v) is 3.60. The van der Waals surface area contributed by atoms with E-state index in [1.807, 2.05) is 19.2 Å². The summed E-state index contributed by atoms with van der Waals surface area (Å²) in [4.78, 5) is 4.30. The molecule has 0 aromatic carbocycles. The van der Waals surface area contributed by atoms with Gasteiger partial charge in [0.15, 0.2) is 0 Å². The van der Waals surface area contributed by atoms with Crippen LogP contribution in [0.1, 0.15) is 31.2 Å². The molecule has 0 unspecified atom stereocenters. The zero-order chi connectivity index (χ0) is 11.0. The van der Waals surface area contributed by atoms with Crippen molar-refractivity contribution in [3.8, 4) is 5.88 Å². The Morgan fingerprint density at radius 2 is 2.00 bits per heavy atom. The highest BCUT2D eigenvalue weighted by atomic mass is 16.5. The summed E-state index contributed by atoms with van der Waals surface area (Å²) >= 11 is 0. The SMILES string of the molecule is Cc1ccc(O[C@H]2C[C@H]3CC[C@@H](C2)N3)nc1. The first-order chi connectivity index (χ1) is 7.79. The van der Waals surface area contributed by atoms with Gasteiger partial charge in [0.25, 0.3) is 0 Å². The number of hydrogen-bond acceptors (Lipinski definition) is 3. The van der Waals surface area contributed by atoms with Gasteiger partial charge in [0, 0.05) is 24.3 Å². The summed E-state index contributed by atoms with van der Waals surface area (Å²) in [7, 11) is 0. The first-order valence-corrected chi connectivity index (χ1v) is 6.15. The van der Waals surface area contributed by atoms with Crippen molar-refractivity contribution < 1.29 is 4.74 Å². The second-order valence-electron chi connectivity index (χ2n) is 5.02. The molecular formula is C13H18N2O. The van der Waals surface area contributed by atoms with Crippen molar-refractivity contribution in [2.24, 2.45) is 0 Å². The summed E-state index contributed by atoms with van der Waals surface area (Å²) in [6.45, 7) is 2.04. The van der Waals surface area contributed by atoms with Crippen molar-refractivity contribution >= 4 is 0 Å². The smallest absolute Gasteiger partial charge is 0.213 e. The van der Waals surface area contributed by atoms with Crippen molar-refractivity contribution in [3.05, 3.63) is 23.9 Å². The molecule has 2 bridgehead atoms. The van der Waals surface area contributed by atoms with Gasteiger partial charge < -0.3 is 10.1 Å². The Hall–Kier alpha value is -1.09. The van der Waals surface area contributed by atoms with Gasteiger partial charge in [-0.2, -0.15) is 0 Å². The minimum absolute atomic E-state index is 0.356. The molecule has 2 saturated heterocycles. The van der Waals surface area contributed by atoms with Crippen molar-refractivity contribution in [1.82, 2.24) is 10.3 Å². The van der Waals surface area contributed by atoms with Crippen LogP contribution in [0.5, 0.6) is 5.88 Å². The van der Waals surface area contributed by atoms with Gasteiger partial charge in [0.1, 0.15) is 6.10 Å². The Kier molecular flexibility index (Phi) is 2.56. The maximum Gasteiger partial charge on any atom is 0.213 e. The third-order valence-electron chi connectivity index (χ3n) is 3.60. The van der Waals surface area contributed by atoms with E-state index in [0.29, 0.717) is 18.2 Å². The molecule has 3 nitrogen and oxygen atoms in total. The van der Waals surface area contributed by atoms with Crippen molar-refractivity contribution in [2.45, 2.75) is 50.8 Å². The molecule has 3 atom stereocenters. The molecule has 3 rings (SSSR count). The Labute approximate surface area is 96.2 Å². The summed E-state index contributed by atoms with van der Waals surface area (Å²) in [5, 5.41) is 3.61. The van der Waals surface area contributed by atoms with Gasteiger partial charge in [0.2, 0.25) is 5.88 Å². The van der Waals surface area contributed by atoms with Crippen molar-refractivity contribution in [2.75, 3.05) is 0 Å². The standard InChI is InChI=1S/C13H18N2O/c1-9-2-5-13(14-8-9)16-12-6-10-3-4-11(7-12)15-10/h2,5,8,10-12,15H,3-4,6-7H2,1H3/t10-,11+,12+. The first-order valence-electron chi connectivity index (χ1n) is 6.15. The largest absolute Gasteiger partial charge is 0.474 e. The summed E-state index contributed by atoms with van der Waals surface area (Å²) in [6.07, 6.45) is 7.11. The molecular weight excluding hydrogens is 200 g/mol. The lowest BCUT2D eigenvalue weighted by atomic mass is 10.0. The number of hydrogen-bond donors (Lipinski definition) is 1. The molecule has 0 aliphatic carbocycles. The van der Waals surface area contributed by atoms with Crippen molar-refractivity contribution in [1.29, 1.82) is 0 Å². The number of ether oxygens (including phenoxy) is 1. The Morgan fingerprint density at radius 3 is 2.62 bits per heavy atom. The van der Waals surface area contributed by atoms with Crippen LogP contribution in [0.15, 0.2) is 18.3 Å². The maximum atomic E-state index is 5.94. The Morgan fingerprint density at radius 1 is 1.25 bits per heavy atom. The lowest BCUT2D eigenvalue weighted by Crippen LogP contribution is -2.42. The van der Waals surface area contributed by atoms with E-state index in [1.54, 1.807) is 0 Å². The first kappa shape index (κ1) is 10.1. The van der Waals surface area contributed by atoms with Gasteiger partial charge in [-0.15, -0.1) is 0 Å². The molecule has 2 aliphatic rings. The molecule has 86 valence electrons. The van der Waals surface area contributed by atoms with Crippen LogP contribution in [0.3, 0.4) is 0 Å². The zero-order valence-electron chi connectivity index (χ0n) is 9.65. The van der Waals surface area contributed by atoms with E-state index in [-0.39, 0.29) is 0 Å². The molecule has 2 fully saturated rings. The van der Waals surface area contributed by atoms with Crippen LogP contribution in [0.25, 0.3) is 0 Å². The number of nitrogens with zero attached hydrogens (tertiary/aromatic N) is 1. The van der Waals surface area contributed by atoms with Crippen LogP contribution < -0.4 is 10.1 Å². The Balaban J connectivity index is 1.64. The number of rotatable bonds is 2. The predicted molar refractivity (Wildman–Crippen MR) is 62.6 cm³/mol. The van der Waals surface area contributed by atoms with Crippen LogP contribution in [-0.4, -0.2) is 23.2 Å². The molecule has 1 aromatic rings.